The summed E-state index contributed by atoms with van der Waals surface area (Å²) in [5.74, 6) is 0.540. The molecule has 5 N–H and O–H groups in total. The molecular weight excluding hydrogens is 102 g/mol. The first kappa shape index (κ1) is 7.88. The smallest absolute Gasteiger partial charge is 0.0428 e. The van der Waals surface area contributed by atoms with Gasteiger partial charge in [-0.3, -0.25) is 0 Å². The van der Waals surface area contributed by atoms with Gasteiger partial charge in [0.1, 0.15) is 0 Å². The van der Waals surface area contributed by atoms with E-state index in [-0.39, 0.29) is 0 Å². The van der Waals surface area contributed by atoms with Crippen LogP contribution >= 0.6 is 0 Å². The van der Waals surface area contributed by atoms with Gasteiger partial charge in [0.25, 0.3) is 0 Å². The Labute approximate surface area is 50.4 Å². The van der Waals surface area contributed by atoms with E-state index in [2.05, 4.69) is 12.2 Å². The summed E-state index contributed by atoms with van der Waals surface area (Å²) in [5.41, 5.74) is 10.5. The topological polar surface area (TPSA) is 64.1 Å². The predicted molar refractivity (Wildman–Crippen MR) is 35.3 cm³/mol. The Morgan fingerprint density at radius 2 is 2.12 bits per heavy atom. The van der Waals surface area contributed by atoms with Gasteiger partial charge in [0.2, 0.25) is 0 Å². The van der Waals surface area contributed by atoms with Crippen molar-refractivity contribution in [2.24, 2.45) is 17.4 Å². The largest absolute Gasteiger partial charge is 0.330 e. The monoisotopic (exact) mass is 117 g/mol. The molecule has 0 bridgehead atoms. The first-order valence-electron chi connectivity index (χ1n) is 2.92. The molecule has 50 valence electrons. The average Bonchev–Trinajstić information content (AvgIpc) is 1.83. The van der Waals surface area contributed by atoms with E-state index in [0.717, 1.165) is 13.1 Å². The molecule has 0 aromatic rings. The molecule has 0 saturated carbocycles. The van der Waals surface area contributed by atoms with E-state index in [9.17, 15) is 0 Å². The van der Waals surface area contributed by atoms with E-state index < -0.39 is 0 Å². The number of hydrogen-bond donors (Lipinski definition) is 3. The van der Waals surface area contributed by atoms with Gasteiger partial charge in [0.15, 0.2) is 0 Å². The molecule has 0 amide bonds. The van der Waals surface area contributed by atoms with Crippen molar-refractivity contribution >= 4 is 0 Å². The highest BCUT2D eigenvalue weighted by molar-refractivity contribution is 4.54. The zero-order valence-electron chi connectivity index (χ0n) is 5.35. The van der Waals surface area contributed by atoms with Crippen LogP contribution in [0.5, 0.6) is 0 Å². The van der Waals surface area contributed by atoms with E-state index in [4.69, 9.17) is 11.5 Å². The van der Waals surface area contributed by atoms with Gasteiger partial charge in [-0.05, 0) is 12.5 Å². The Kier molecular flexibility index (Phi) is 4.95. The fourth-order valence-corrected chi connectivity index (χ4v) is 0.413. The van der Waals surface area contributed by atoms with Crippen LogP contribution in [-0.2, 0) is 0 Å². The molecule has 0 aromatic carbocycles. The highest BCUT2D eigenvalue weighted by atomic mass is 15.0. The molecule has 0 spiro atoms. The zero-order valence-corrected chi connectivity index (χ0v) is 5.35. The number of nitrogens with one attached hydrogen (secondary N) is 1. The molecule has 3 heteroatoms. The number of nitrogens with two attached hydrogens (primary N) is 2. The quantitative estimate of drug-likeness (QED) is 0.418. The molecule has 3 nitrogen and oxygen atoms in total. The lowest BCUT2D eigenvalue weighted by molar-refractivity contribution is 0.529. The lowest BCUT2D eigenvalue weighted by Gasteiger charge is -2.06. The Hall–Kier alpha value is -0.120. The summed E-state index contributed by atoms with van der Waals surface area (Å²) in [6, 6.07) is 0. The van der Waals surface area contributed by atoms with Crippen molar-refractivity contribution in [2.45, 2.75) is 6.92 Å². The average molecular weight is 117 g/mol. The highest BCUT2D eigenvalue weighted by Crippen LogP contribution is 1.84. The second-order valence-corrected chi connectivity index (χ2v) is 2.00. The third-order valence-electron chi connectivity index (χ3n) is 1.04. The van der Waals surface area contributed by atoms with Crippen molar-refractivity contribution in [3.05, 3.63) is 0 Å². The van der Waals surface area contributed by atoms with E-state index in [1.54, 1.807) is 0 Å². The van der Waals surface area contributed by atoms with Gasteiger partial charge in [-0.15, -0.1) is 0 Å². The molecule has 0 fully saturated rings. The minimum atomic E-state index is 0.540. The van der Waals surface area contributed by atoms with Gasteiger partial charge >= 0.3 is 0 Å². The van der Waals surface area contributed by atoms with Gasteiger partial charge in [0.05, 0.1) is 0 Å². The normalized spacial score (nSPS) is 13.9. The van der Waals surface area contributed by atoms with E-state index in [1.807, 2.05) is 0 Å². The van der Waals surface area contributed by atoms with Crippen molar-refractivity contribution in [1.29, 1.82) is 0 Å². The van der Waals surface area contributed by atoms with Crippen LogP contribution < -0.4 is 16.8 Å². The van der Waals surface area contributed by atoms with Crippen LogP contribution in [0.25, 0.3) is 0 Å². The fraction of sp³-hybridized carbons (Fsp3) is 1.00. The zero-order chi connectivity index (χ0) is 6.41. The number of hydrogen-bond acceptors (Lipinski definition) is 3. The summed E-state index contributed by atoms with van der Waals surface area (Å²) in [6.07, 6.45) is 0. The molecule has 0 radical (unpaired) electrons. The van der Waals surface area contributed by atoms with E-state index >= 15 is 0 Å². The Morgan fingerprint density at radius 1 is 1.50 bits per heavy atom. The molecule has 8 heavy (non-hydrogen) atoms. The molecule has 0 heterocycles. The minimum Gasteiger partial charge on any atom is -0.330 e. The van der Waals surface area contributed by atoms with Crippen molar-refractivity contribution in [1.82, 2.24) is 5.32 Å². The van der Waals surface area contributed by atoms with Crippen molar-refractivity contribution in [2.75, 3.05) is 19.8 Å². The summed E-state index contributed by atoms with van der Waals surface area (Å²) in [7, 11) is 0. The number of rotatable bonds is 4. The highest BCUT2D eigenvalue weighted by Gasteiger charge is 1.94. The molecule has 0 aliphatic rings. The van der Waals surface area contributed by atoms with Crippen LogP contribution in [0.4, 0.5) is 0 Å². The van der Waals surface area contributed by atoms with Crippen molar-refractivity contribution < 1.29 is 0 Å². The Morgan fingerprint density at radius 3 is 2.50 bits per heavy atom. The maximum Gasteiger partial charge on any atom is 0.0428 e. The second-order valence-electron chi connectivity index (χ2n) is 2.00. The third-order valence-corrected chi connectivity index (χ3v) is 1.04. The van der Waals surface area contributed by atoms with Gasteiger partial charge in [-0.2, -0.15) is 0 Å². The van der Waals surface area contributed by atoms with Crippen molar-refractivity contribution in [3.8, 4) is 0 Å². The van der Waals surface area contributed by atoms with Crippen LogP contribution in [0.1, 0.15) is 6.92 Å². The van der Waals surface area contributed by atoms with Crippen LogP contribution in [0.2, 0.25) is 0 Å². The van der Waals surface area contributed by atoms with Crippen molar-refractivity contribution in [3.63, 3.8) is 0 Å². The van der Waals surface area contributed by atoms with Crippen LogP contribution in [0.3, 0.4) is 0 Å². The van der Waals surface area contributed by atoms with Gasteiger partial charge in [-0.1, -0.05) is 6.92 Å². The first-order valence-corrected chi connectivity index (χ1v) is 2.92. The van der Waals surface area contributed by atoms with Gasteiger partial charge in [-0.25, -0.2) is 0 Å². The minimum absolute atomic E-state index is 0.540. The third kappa shape index (κ3) is 4.05. The van der Waals surface area contributed by atoms with E-state index in [0.29, 0.717) is 12.6 Å². The summed E-state index contributed by atoms with van der Waals surface area (Å²) in [6.45, 7) is 4.28. The fourth-order valence-electron chi connectivity index (χ4n) is 0.413. The lowest BCUT2D eigenvalue weighted by Crippen LogP contribution is -2.30. The second kappa shape index (κ2) is 5.03. The van der Waals surface area contributed by atoms with Crippen LogP contribution in [0, 0.1) is 5.92 Å². The SMILES string of the molecule is CC(CN)CNCN. The molecular formula is C5H15N3. The van der Waals surface area contributed by atoms with E-state index in [1.165, 1.54) is 0 Å². The standard InChI is InChI=1S/C5H15N3/c1-5(2-6)3-8-4-7/h5,8H,2-4,6-7H2,1H3. The molecule has 0 aliphatic heterocycles. The first-order chi connectivity index (χ1) is 3.81. The summed E-state index contributed by atoms with van der Waals surface area (Å²) in [5, 5.41) is 3.00. The lowest BCUT2D eigenvalue weighted by atomic mass is 10.2. The molecule has 0 aliphatic carbocycles. The summed E-state index contributed by atoms with van der Waals surface area (Å²) >= 11 is 0. The molecule has 1 atom stereocenters. The van der Waals surface area contributed by atoms with Crippen LogP contribution in [-0.4, -0.2) is 19.8 Å². The van der Waals surface area contributed by atoms with Gasteiger partial charge in [0, 0.05) is 13.2 Å². The molecule has 0 rings (SSSR count). The van der Waals surface area contributed by atoms with Crippen LogP contribution in [0.15, 0.2) is 0 Å². The molecule has 1 unspecified atom stereocenters. The Bertz CT molecular complexity index is 46.9. The maximum absolute atomic E-state index is 5.33. The summed E-state index contributed by atoms with van der Waals surface area (Å²) < 4.78 is 0. The Balaban J connectivity index is 2.86. The molecule has 0 saturated heterocycles. The molecule has 0 aromatic heterocycles. The van der Waals surface area contributed by atoms with Gasteiger partial charge < -0.3 is 16.8 Å². The maximum atomic E-state index is 5.33. The predicted octanol–water partition coefficient (Wildman–Crippen LogP) is -0.913. The summed E-state index contributed by atoms with van der Waals surface area (Å²) in [4.78, 5) is 0.